The van der Waals surface area contributed by atoms with Crippen LogP contribution < -0.4 is 0 Å². The third-order valence-corrected chi connectivity index (χ3v) is 2.83. The summed E-state index contributed by atoms with van der Waals surface area (Å²) in [6.45, 7) is 5.62. The largest absolute Gasteiger partial charge is 0.380 e. The monoisotopic (exact) mass is 262 g/mol. The van der Waals surface area contributed by atoms with Gasteiger partial charge in [0.2, 0.25) is 0 Å². The summed E-state index contributed by atoms with van der Waals surface area (Å²) in [5, 5.41) is 18.7. The molecule has 2 nitrogen and oxygen atoms in total. The van der Waals surface area contributed by atoms with Gasteiger partial charge in [0.05, 0.1) is 0 Å². The van der Waals surface area contributed by atoms with Gasteiger partial charge in [-0.2, -0.15) is 0 Å². The molecular formula is C17H26O2. The highest BCUT2D eigenvalue weighted by Gasteiger charge is 1.98. The average molecular weight is 262 g/mol. The summed E-state index contributed by atoms with van der Waals surface area (Å²) in [4.78, 5) is 0. The molecule has 2 atom stereocenters. The van der Waals surface area contributed by atoms with E-state index in [1.54, 1.807) is 0 Å². The maximum atomic E-state index is 9.59. The molecule has 2 N–H and O–H groups in total. The van der Waals surface area contributed by atoms with E-state index >= 15 is 0 Å². The van der Waals surface area contributed by atoms with Crippen LogP contribution in [0, 0.1) is 23.7 Å². The molecular weight excluding hydrogens is 236 g/mol. The third-order valence-electron chi connectivity index (χ3n) is 2.83. The van der Waals surface area contributed by atoms with Crippen molar-refractivity contribution in [3.63, 3.8) is 0 Å². The van der Waals surface area contributed by atoms with E-state index in [1.807, 2.05) is 0 Å². The molecule has 0 aromatic carbocycles. The van der Waals surface area contributed by atoms with Crippen LogP contribution in [-0.2, 0) is 0 Å². The van der Waals surface area contributed by atoms with E-state index in [2.05, 4.69) is 37.2 Å². The Hall–Kier alpha value is -1.22. The van der Waals surface area contributed by atoms with E-state index in [0.29, 0.717) is 6.42 Å². The third kappa shape index (κ3) is 13.0. The first-order chi connectivity index (χ1) is 9.20. The Bertz CT molecular complexity index is 338. The van der Waals surface area contributed by atoms with Gasteiger partial charge in [0.15, 0.2) is 0 Å². The molecule has 0 spiro atoms. The maximum Gasteiger partial charge on any atom is 0.134 e. The summed E-state index contributed by atoms with van der Waals surface area (Å²) in [5.41, 5.74) is 0. The Morgan fingerprint density at radius 2 is 1.53 bits per heavy atom. The van der Waals surface area contributed by atoms with E-state index in [9.17, 15) is 5.11 Å². The van der Waals surface area contributed by atoms with Gasteiger partial charge < -0.3 is 10.2 Å². The molecule has 0 fully saturated rings. The quantitative estimate of drug-likeness (QED) is 0.381. The normalized spacial score (nSPS) is 12.6. The Morgan fingerprint density at radius 1 is 0.947 bits per heavy atom. The van der Waals surface area contributed by atoms with Crippen molar-refractivity contribution in [2.45, 2.75) is 70.5 Å². The van der Waals surface area contributed by atoms with Gasteiger partial charge in [-0.25, -0.2) is 0 Å². The van der Waals surface area contributed by atoms with Gasteiger partial charge in [-0.3, -0.25) is 0 Å². The summed E-state index contributed by atoms with van der Waals surface area (Å²) in [6, 6.07) is 0. The van der Waals surface area contributed by atoms with E-state index in [4.69, 9.17) is 5.11 Å². The first kappa shape index (κ1) is 17.8. The van der Waals surface area contributed by atoms with Crippen molar-refractivity contribution in [3.8, 4) is 23.7 Å². The van der Waals surface area contributed by atoms with Crippen LogP contribution in [0.2, 0.25) is 0 Å². The predicted octanol–water partition coefficient (Wildman–Crippen LogP) is 3.04. The molecule has 0 rings (SSSR count). The van der Waals surface area contributed by atoms with Crippen molar-refractivity contribution >= 4 is 0 Å². The van der Waals surface area contributed by atoms with E-state index in [0.717, 1.165) is 12.8 Å². The smallest absolute Gasteiger partial charge is 0.134 e. The molecule has 0 heterocycles. The first-order valence-corrected chi connectivity index (χ1v) is 7.20. The second kappa shape index (κ2) is 13.2. The van der Waals surface area contributed by atoms with Crippen LogP contribution in [0.3, 0.4) is 0 Å². The second-order valence-electron chi connectivity index (χ2n) is 4.65. The van der Waals surface area contributed by atoms with Crippen LogP contribution in [0.25, 0.3) is 0 Å². The number of hydrogen-bond donors (Lipinski definition) is 2. The minimum atomic E-state index is -0.838. The van der Waals surface area contributed by atoms with Crippen LogP contribution in [0.1, 0.15) is 58.3 Å². The van der Waals surface area contributed by atoms with Crippen LogP contribution in [-0.4, -0.2) is 22.4 Å². The zero-order valence-corrected chi connectivity index (χ0v) is 12.0. The molecule has 0 bridgehead atoms. The molecule has 0 radical (unpaired) electrons. The predicted molar refractivity (Wildman–Crippen MR) is 80.4 cm³/mol. The van der Waals surface area contributed by atoms with Gasteiger partial charge in [0, 0.05) is 0 Å². The van der Waals surface area contributed by atoms with E-state index in [-0.39, 0.29) is 0 Å². The first-order valence-electron chi connectivity index (χ1n) is 7.20. The molecule has 0 amide bonds. The van der Waals surface area contributed by atoms with Crippen LogP contribution in [0.15, 0.2) is 12.7 Å². The summed E-state index contributed by atoms with van der Waals surface area (Å²) in [7, 11) is 0. The molecule has 0 aliphatic carbocycles. The Balaban J connectivity index is 3.58. The fourth-order valence-electron chi connectivity index (χ4n) is 1.66. The van der Waals surface area contributed by atoms with Crippen molar-refractivity contribution < 1.29 is 10.2 Å². The highest BCUT2D eigenvalue weighted by molar-refractivity contribution is 5.29. The molecule has 0 saturated carbocycles. The molecule has 2 unspecified atom stereocenters. The Morgan fingerprint density at radius 3 is 2.16 bits per heavy atom. The van der Waals surface area contributed by atoms with Crippen molar-refractivity contribution in [2.75, 3.05) is 0 Å². The minimum absolute atomic E-state index is 0.606. The van der Waals surface area contributed by atoms with Gasteiger partial charge in [0.1, 0.15) is 12.2 Å². The lowest BCUT2D eigenvalue weighted by Crippen LogP contribution is -2.02. The summed E-state index contributed by atoms with van der Waals surface area (Å²) < 4.78 is 0. The van der Waals surface area contributed by atoms with Crippen molar-refractivity contribution in [1.82, 2.24) is 0 Å². The SMILES string of the molecule is C=CC(O)C#CC#CC(O)CCCCCCCCC. The zero-order valence-electron chi connectivity index (χ0n) is 12.0. The molecule has 0 aromatic heterocycles. The second-order valence-corrected chi connectivity index (χ2v) is 4.65. The zero-order chi connectivity index (χ0) is 14.3. The van der Waals surface area contributed by atoms with Gasteiger partial charge in [-0.1, -0.05) is 69.9 Å². The number of aliphatic hydroxyl groups excluding tert-OH is 2. The molecule has 0 aliphatic heterocycles. The lowest BCUT2D eigenvalue weighted by atomic mass is 10.1. The molecule has 2 heteroatoms. The number of hydrogen-bond acceptors (Lipinski definition) is 2. The van der Waals surface area contributed by atoms with Gasteiger partial charge in [0.25, 0.3) is 0 Å². The lowest BCUT2D eigenvalue weighted by molar-refractivity contribution is 0.217. The fourth-order valence-corrected chi connectivity index (χ4v) is 1.66. The summed E-state index contributed by atoms with van der Waals surface area (Å²) >= 11 is 0. The molecule has 19 heavy (non-hydrogen) atoms. The molecule has 0 aromatic rings. The lowest BCUT2D eigenvalue weighted by Gasteiger charge is -2.03. The number of rotatable bonds is 9. The van der Waals surface area contributed by atoms with Gasteiger partial charge in [-0.15, -0.1) is 0 Å². The standard InChI is InChI=1S/C17H26O2/c1-3-5-6-7-8-9-10-14-17(19)15-12-11-13-16(18)4-2/h4,16-19H,2-3,5-10,14H2,1H3. The van der Waals surface area contributed by atoms with E-state index < -0.39 is 12.2 Å². The highest BCUT2D eigenvalue weighted by Crippen LogP contribution is 2.09. The summed E-state index contributed by atoms with van der Waals surface area (Å²) in [5.74, 6) is 10.2. The topological polar surface area (TPSA) is 40.5 Å². The minimum Gasteiger partial charge on any atom is -0.380 e. The van der Waals surface area contributed by atoms with Crippen molar-refractivity contribution in [3.05, 3.63) is 12.7 Å². The molecule has 106 valence electrons. The van der Waals surface area contributed by atoms with Crippen LogP contribution in [0.4, 0.5) is 0 Å². The number of unbranched alkanes of at least 4 members (excludes halogenated alkanes) is 6. The molecule has 0 saturated heterocycles. The van der Waals surface area contributed by atoms with Crippen LogP contribution >= 0.6 is 0 Å². The summed E-state index contributed by atoms with van der Waals surface area (Å²) in [6.07, 6.45) is 9.20. The fraction of sp³-hybridized carbons (Fsp3) is 0.647. The maximum absolute atomic E-state index is 9.59. The Kier molecular flexibility index (Phi) is 12.4. The highest BCUT2D eigenvalue weighted by atomic mass is 16.3. The number of aliphatic hydroxyl groups is 2. The Labute approximate surface area is 117 Å². The molecule has 0 aliphatic rings. The van der Waals surface area contributed by atoms with Crippen molar-refractivity contribution in [2.24, 2.45) is 0 Å². The van der Waals surface area contributed by atoms with Gasteiger partial charge in [-0.05, 0) is 24.7 Å². The van der Waals surface area contributed by atoms with Gasteiger partial charge >= 0.3 is 0 Å². The van der Waals surface area contributed by atoms with Crippen molar-refractivity contribution in [1.29, 1.82) is 0 Å². The average Bonchev–Trinajstić information content (AvgIpc) is 2.42. The van der Waals surface area contributed by atoms with Crippen LogP contribution in [0.5, 0.6) is 0 Å². The van der Waals surface area contributed by atoms with E-state index in [1.165, 1.54) is 38.2 Å².